The summed E-state index contributed by atoms with van der Waals surface area (Å²) in [5.41, 5.74) is 8.70. The van der Waals surface area contributed by atoms with E-state index in [0.29, 0.717) is 0 Å². The molecule has 2 unspecified atom stereocenters. The number of rotatable bonds is 2. The number of nitrogens with zero attached hydrogens (tertiary/aromatic N) is 1. The molecule has 0 radical (unpaired) electrons. The zero-order chi connectivity index (χ0) is 14.3. The van der Waals surface area contributed by atoms with Crippen LogP contribution >= 0.6 is 0 Å². The average Bonchev–Trinajstić information content (AvgIpc) is 2.87. The van der Waals surface area contributed by atoms with Gasteiger partial charge in [-0.15, -0.1) is 0 Å². The van der Waals surface area contributed by atoms with Crippen molar-refractivity contribution in [1.29, 1.82) is 0 Å². The summed E-state index contributed by atoms with van der Waals surface area (Å²) < 4.78 is 6.21. The van der Waals surface area contributed by atoms with Crippen LogP contribution in [0.15, 0.2) is 18.3 Å². The second-order valence-corrected chi connectivity index (χ2v) is 6.63. The summed E-state index contributed by atoms with van der Waals surface area (Å²) in [5.74, 6) is 0.954. The lowest BCUT2D eigenvalue weighted by Crippen LogP contribution is -2.45. The quantitative estimate of drug-likeness (QED) is 0.883. The molecule has 3 N–H and O–H groups in total. The third-order valence-electron chi connectivity index (χ3n) is 4.77. The first kappa shape index (κ1) is 13.4. The second-order valence-electron chi connectivity index (χ2n) is 6.63. The molecule has 1 aliphatic rings. The number of hydrogen-bond acceptors (Lipinski definition) is 3. The fourth-order valence-corrected chi connectivity index (χ4v) is 2.99. The molecule has 2 aromatic rings. The predicted molar refractivity (Wildman–Crippen MR) is 80.9 cm³/mol. The maximum absolute atomic E-state index is 6.27. The molecule has 4 nitrogen and oxygen atoms in total. The zero-order valence-corrected chi connectivity index (χ0v) is 12.4. The molecule has 20 heavy (non-hydrogen) atoms. The summed E-state index contributed by atoms with van der Waals surface area (Å²) in [7, 11) is 0. The molecule has 1 heterocycles. The SMILES string of the molecule is Cc1c(OC2CCC(C)(C)C(N)C2)ccc2[nH]ncc12. The van der Waals surface area contributed by atoms with Crippen molar-refractivity contribution in [2.45, 2.75) is 52.2 Å². The maximum Gasteiger partial charge on any atom is 0.123 e. The highest BCUT2D eigenvalue weighted by Crippen LogP contribution is 2.37. The van der Waals surface area contributed by atoms with E-state index in [1.54, 1.807) is 0 Å². The fraction of sp³-hybridized carbons (Fsp3) is 0.562. The van der Waals surface area contributed by atoms with Crippen molar-refractivity contribution in [2.75, 3.05) is 0 Å². The first-order valence-electron chi connectivity index (χ1n) is 7.32. The topological polar surface area (TPSA) is 63.9 Å². The maximum atomic E-state index is 6.27. The van der Waals surface area contributed by atoms with E-state index in [1.165, 1.54) is 0 Å². The number of benzene rings is 1. The fourth-order valence-electron chi connectivity index (χ4n) is 2.99. The van der Waals surface area contributed by atoms with Gasteiger partial charge in [-0.3, -0.25) is 5.10 Å². The highest BCUT2D eigenvalue weighted by Gasteiger charge is 2.35. The van der Waals surface area contributed by atoms with E-state index in [2.05, 4.69) is 31.0 Å². The van der Waals surface area contributed by atoms with E-state index in [1.807, 2.05) is 18.3 Å². The Bertz CT molecular complexity index is 617. The number of aromatic nitrogens is 2. The Kier molecular flexibility index (Phi) is 3.21. The van der Waals surface area contributed by atoms with Crippen molar-refractivity contribution in [3.05, 3.63) is 23.9 Å². The molecule has 1 fully saturated rings. The summed E-state index contributed by atoms with van der Waals surface area (Å²) in [5, 5.41) is 8.19. The summed E-state index contributed by atoms with van der Waals surface area (Å²) in [4.78, 5) is 0. The van der Waals surface area contributed by atoms with Crippen LogP contribution in [0.2, 0.25) is 0 Å². The summed E-state index contributed by atoms with van der Waals surface area (Å²) in [6, 6.07) is 4.26. The minimum Gasteiger partial charge on any atom is -0.490 e. The standard InChI is InChI=1S/C16H23N3O/c1-10-12-9-18-19-13(12)4-5-14(10)20-11-6-7-16(2,3)15(17)8-11/h4-5,9,11,15H,6-8,17H2,1-3H3,(H,18,19). The van der Waals surface area contributed by atoms with Crippen LogP contribution in [-0.2, 0) is 0 Å². The van der Waals surface area contributed by atoms with Gasteiger partial charge < -0.3 is 10.5 Å². The molecule has 0 bridgehead atoms. The van der Waals surface area contributed by atoms with Gasteiger partial charge in [0.2, 0.25) is 0 Å². The highest BCUT2D eigenvalue weighted by molar-refractivity contribution is 5.83. The summed E-state index contributed by atoms with van der Waals surface area (Å²) in [6.45, 7) is 6.58. The van der Waals surface area contributed by atoms with Gasteiger partial charge in [0, 0.05) is 17.0 Å². The number of hydrogen-bond donors (Lipinski definition) is 2. The Morgan fingerprint density at radius 2 is 2.20 bits per heavy atom. The molecular formula is C16H23N3O. The van der Waals surface area contributed by atoms with Crippen molar-refractivity contribution in [3.8, 4) is 5.75 Å². The minimum absolute atomic E-state index is 0.208. The van der Waals surface area contributed by atoms with Crippen LogP contribution in [0.4, 0.5) is 0 Å². The lowest BCUT2D eigenvalue weighted by Gasteiger charge is -2.40. The van der Waals surface area contributed by atoms with Crippen LogP contribution in [0.1, 0.15) is 38.7 Å². The van der Waals surface area contributed by atoms with Crippen molar-refractivity contribution >= 4 is 10.9 Å². The van der Waals surface area contributed by atoms with Crippen molar-refractivity contribution in [2.24, 2.45) is 11.1 Å². The lowest BCUT2D eigenvalue weighted by atomic mass is 9.73. The molecule has 0 saturated heterocycles. The molecule has 0 spiro atoms. The Morgan fingerprint density at radius 1 is 1.40 bits per heavy atom. The number of H-pyrrole nitrogens is 1. The van der Waals surface area contributed by atoms with Crippen molar-refractivity contribution in [1.82, 2.24) is 10.2 Å². The van der Waals surface area contributed by atoms with Gasteiger partial charge in [-0.05, 0) is 43.7 Å². The molecule has 1 saturated carbocycles. The number of nitrogens with one attached hydrogen (secondary N) is 1. The smallest absolute Gasteiger partial charge is 0.123 e. The van der Waals surface area contributed by atoms with E-state index in [0.717, 1.165) is 41.5 Å². The monoisotopic (exact) mass is 273 g/mol. The molecule has 0 amide bonds. The summed E-state index contributed by atoms with van der Waals surface area (Å²) in [6.07, 6.45) is 5.19. The van der Waals surface area contributed by atoms with Crippen LogP contribution in [-0.4, -0.2) is 22.3 Å². The van der Waals surface area contributed by atoms with Gasteiger partial charge in [0.1, 0.15) is 11.9 Å². The number of nitrogens with two attached hydrogens (primary N) is 1. The summed E-state index contributed by atoms with van der Waals surface area (Å²) >= 11 is 0. The van der Waals surface area contributed by atoms with Gasteiger partial charge in [0.15, 0.2) is 0 Å². The molecule has 4 heteroatoms. The third-order valence-corrected chi connectivity index (χ3v) is 4.77. The Hall–Kier alpha value is -1.55. The number of aryl methyl sites for hydroxylation is 1. The molecule has 1 aliphatic carbocycles. The van der Waals surface area contributed by atoms with E-state index >= 15 is 0 Å². The van der Waals surface area contributed by atoms with Gasteiger partial charge in [0.25, 0.3) is 0 Å². The number of ether oxygens (including phenoxy) is 1. The van der Waals surface area contributed by atoms with Gasteiger partial charge in [-0.25, -0.2) is 0 Å². The minimum atomic E-state index is 0.208. The average molecular weight is 273 g/mol. The van der Waals surface area contributed by atoms with Gasteiger partial charge in [0.05, 0.1) is 11.7 Å². The van der Waals surface area contributed by atoms with Crippen molar-refractivity contribution < 1.29 is 4.74 Å². The molecule has 3 rings (SSSR count). The predicted octanol–water partition coefficient (Wildman–Crippen LogP) is 3.16. The largest absolute Gasteiger partial charge is 0.490 e. The van der Waals surface area contributed by atoms with E-state index < -0.39 is 0 Å². The van der Waals surface area contributed by atoms with Crippen LogP contribution in [0.3, 0.4) is 0 Å². The van der Waals surface area contributed by atoms with E-state index in [9.17, 15) is 0 Å². The third kappa shape index (κ3) is 2.29. The first-order valence-corrected chi connectivity index (χ1v) is 7.32. The zero-order valence-electron chi connectivity index (χ0n) is 12.4. The van der Waals surface area contributed by atoms with Crippen LogP contribution in [0.5, 0.6) is 5.75 Å². The normalized spacial score (nSPS) is 25.8. The van der Waals surface area contributed by atoms with Gasteiger partial charge >= 0.3 is 0 Å². The van der Waals surface area contributed by atoms with Crippen LogP contribution in [0.25, 0.3) is 10.9 Å². The van der Waals surface area contributed by atoms with E-state index in [-0.39, 0.29) is 17.6 Å². The molecule has 1 aromatic heterocycles. The molecule has 0 aliphatic heterocycles. The highest BCUT2D eigenvalue weighted by atomic mass is 16.5. The molecule has 2 atom stereocenters. The van der Waals surface area contributed by atoms with Crippen molar-refractivity contribution in [3.63, 3.8) is 0 Å². The Balaban J connectivity index is 1.78. The first-order chi connectivity index (χ1) is 9.47. The number of aromatic amines is 1. The molecule has 1 aromatic carbocycles. The number of fused-ring (bicyclic) bond motifs is 1. The van der Waals surface area contributed by atoms with Crippen LogP contribution in [0, 0.1) is 12.3 Å². The molecule has 108 valence electrons. The van der Waals surface area contributed by atoms with E-state index in [4.69, 9.17) is 10.5 Å². The Morgan fingerprint density at radius 3 is 2.95 bits per heavy atom. The second kappa shape index (κ2) is 4.77. The van der Waals surface area contributed by atoms with Gasteiger partial charge in [-0.2, -0.15) is 5.10 Å². The lowest BCUT2D eigenvalue weighted by molar-refractivity contribution is 0.0792. The molecular weight excluding hydrogens is 250 g/mol. The van der Waals surface area contributed by atoms with Crippen LogP contribution < -0.4 is 10.5 Å². The Labute approximate surface area is 119 Å². The van der Waals surface area contributed by atoms with Gasteiger partial charge in [-0.1, -0.05) is 13.8 Å².